The molecule has 1 aliphatic rings. The van der Waals surface area contributed by atoms with Crippen molar-refractivity contribution in [1.29, 1.82) is 0 Å². The summed E-state index contributed by atoms with van der Waals surface area (Å²) in [6.07, 6.45) is 2.93. The highest BCUT2D eigenvalue weighted by Gasteiger charge is 2.27. The minimum Gasteiger partial charge on any atom is -0.474 e. The second-order valence-corrected chi connectivity index (χ2v) is 4.65. The highest BCUT2D eigenvalue weighted by molar-refractivity contribution is 5.58. The normalized spacial score (nSPS) is 22.2. The summed E-state index contributed by atoms with van der Waals surface area (Å²) in [5, 5.41) is 0. The molecule has 0 N–H and O–H groups in total. The molecule has 0 spiro atoms. The van der Waals surface area contributed by atoms with Crippen molar-refractivity contribution in [3.05, 3.63) is 12.5 Å². The van der Waals surface area contributed by atoms with E-state index in [2.05, 4.69) is 6.58 Å². The second-order valence-electron chi connectivity index (χ2n) is 4.65. The van der Waals surface area contributed by atoms with Crippen LogP contribution in [0.25, 0.3) is 0 Å². The molecule has 1 saturated heterocycles. The molecular weight excluding hydrogens is 178 g/mol. The third-order valence-electron chi connectivity index (χ3n) is 2.20. The smallest absolute Gasteiger partial charge is 0.183 e. The first kappa shape index (κ1) is 11.1. The highest BCUT2D eigenvalue weighted by atomic mass is 16.5. The number of hydrogen-bond donors (Lipinski definition) is 0. The standard InChI is InChI=1S/C11H19NO2/c1-9(14-11(2,3)4)12-7-5-6-10(12)8-13/h8,10H,1,5-7H2,2-4H3/t10-/m1/s1. The van der Waals surface area contributed by atoms with Crippen LogP contribution in [0.15, 0.2) is 12.5 Å². The van der Waals surface area contributed by atoms with Gasteiger partial charge in [-0.1, -0.05) is 0 Å². The van der Waals surface area contributed by atoms with E-state index >= 15 is 0 Å². The van der Waals surface area contributed by atoms with Gasteiger partial charge in [-0.2, -0.15) is 0 Å². The minimum atomic E-state index is -0.243. The Kier molecular flexibility index (Phi) is 3.19. The van der Waals surface area contributed by atoms with E-state index in [1.165, 1.54) is 0 Å². The molecule has 0 bridgehead atoms. The molecule has 1 rings (SSSR count). The number of carbonyl (C=O) groups is 1. The number of ether oxygens (including phenoxy) is 1. The summed E-state index contributed by atoms with van der Waals surface area (Å²) in [6.45, 7) is 10.7. The molecule has 0 radical (unpaired) electrons. The van der Waals surface area contributed by atoms with E-state index in [9.17, 15) is 4.79 Å². The first-order valence-corrected chi connectivity index (χ1v) is 5.04. The number of hydrogen-bond acceptors (Lipinski definition) is 3. The summed E-state index contributed by atoms with van der Waals surface area (Å²) in [5.41, 5.74) is -0.243. The van der Waals surface area contributed by atoms with Crippen LogP contribution < -0.4 is 0 Å². The maximum atomic E-state index is 10.7. The van der Waals surface area contributed by atoms with Crippen LogP contribution >= 0.6 is 0 Å². The second kappa shape index (κ2) is 4.03. The lowest BCUT2D eigenvalue weighted by atomic mass is 10.2. The Balaban J connectivity index is 2.56. The lowest BCUT2D eigenvalue weighted by Gasteiger charge is -2.30. The Morgan fingerprint density at radius 1 is 1.57 bits per heavy atom. The summed E-state index contributed by atoms with van der Waals surface area (Å²) in [5.74, 6) is 0.618. The Morgan fingerprint density at radius 2 is 2.21 bits per heavy atom. The van der Waals surface area contributed by atoms with Crippen LogP contribution in [0.1, 0.15) is 33.6 Å². The van der Waals surface area contributed by atoms with E-state index in [0.29, 0.717) is 5.88 Å². The van der Waals surface area contributed by atoms with Gasteiger partial charge in [-0.05, 0) is 40.2 Å². The molecule has 0 aromatic heterocycles. The molecular formula is C11H19NO2. The van der Waals surface area contributed by atoms with Gasteiger partial charge in [0.15, 0.2) is 5.88 Å². The topological polar surface area (TPSA) is 29.5 Å². The maximum absolute atomic E-state index is 10.7. The van der Waals surface area contributed by atoms with Gasteiger partial charge in [0.25, 0.3) is 0 Å². The van der Waals surface area contributed by atoms with Gasteiger partial charge in [0.1, 0.15) is 11.9 Å². The quantitative estimate of drug-likeness (QED) is 0.511. The van der Waals surface area contributed by atoms with Gasteiger partial charge in [0.05, 0.1) is 6.04 Å². The van der Waals surface area contributed by atoms with E-state index < -0.39 is 0 Å². The molecule has 3 nitrogen and oxygen atoms in total. The number of carbonyl (C=O) groups excluding carboxylic acids is 1. The van der Waals surface area contributed by atoms with Gasteiger partial charge < -0.3 is 14.4 Å². The molecule has 0 unspecified atom stereocenters. The zero-order chi connectivity index (χ0) is 10.8. The summed E-state index contributed by atoms with van der Waals surface area (Å²) < 4.78 is 5.63. The van der Waals surface area contributed by atoms with E-state index in [-0.39, 0.29) is 11.6 Å². The number of aldehydes is 1. The average Bonchev–Trinajstić information content (AvgIpc) is 2.47. The average molecular weight is 197 g/mol. The van der Waals surface area contributed by atoms with Gasteiger partial charge in [-0.15, -0.1) is 0 Å². The Hall–Kier alpha value is -0.990. The number of nitrogens with zero attached hydrogens (tertiary/aromatic N) is 1. The van der Waals surface area contributed by atoms with E-state index in [4.69, 9.17) is 4.74 Å². The van der Waals surface area contributed by atoms with Gasteiger partial charge in [-0.3, -0.25) is 0 Å². The molecule has 0 aromatic carbocycles. The Morgan fingerprint density at radius 3 is 2.71 bits per heavy atom. The summed E-state index contributed by atoms with van der Waals surface area (Å²) in [4.78, 5) is 12.7. The summed E-state index contributed by atoms with van der Waals surface area (Å²) >= 11 is 0. The molecule has 1 aliphatic heterocycles. The molecule has 14 heavy (non-hydrogen) atoms. The van der Waals surface area contributed by atoms with Crippen molar-refractivity contribution in [3.63, 3.8) is 0 Å². The van der Waals surface area contributed by atoms with E-state index in [1.54, 1.807) is 0 Å². The van der Waals surface area contributed by atoms with Crippen LogP contribution in [0.2, 0.25) is 0 Å². The third-order valence-corrected chi connectivity index (χ3v) is 2.20. The molecule has 3 heteroatoms. The SMILES string of the molecule is C=C(OC(C)(C)C)N1CCC[C@@H]1C=O. The van der Waals surface area contributed by atoms with Gasteiger partial charge in [0, 0.05) is 6.54 Å². The molecule has 0 saturated carbocycles. The predicted octanol–water partition coefficient (Wildman–Crippen LogP) is 1.94. The fourth-order valence-electron chi connectivity index (χ4n) is 1.66. The Bertz CT molecular complexity index is 230. The van der Waals surface area contributed by atoms with E-state index in [1.807, 2.05) is 25.7 Å². The molecule has 1 heterocycles. The molecule has 0 aliphatic carbocycles. The lowest BCUT2D eigenvalue weighted by molar-refractivity contribution is -0.112. The molecule has 0 aromatic rings. The van der Waals surface area contributed by atoms with Crippen LogP contribution in [-0.2, 0) is 9.53 Å². The fraction of sp³-hybridized carbons (Fsp3) is 0.727. The summed E-state index contributed by atoms with van der Waals surface area (Å²) in [6, 6.07) is -0.0372. The third kappa shape index (κ3) is 2.76. The molecule has 1 fully saturated rings. The van der Waals surface area contributed by atoms with Crippen molar-refractivity contribution in [2.24, 2.45) is 0 Å². The van der Waals surface area contributed by atoms with Crippen molar-refractivity contribution in [2.75, 3.05) is 6.54 Å². The highest BCUT2D eigenvalue weighted by Crippen LogP contribution is 2.23. The van der Waals surface area contributed by atoms with Crippen molar-refractivity contribution in [3.8, 4) is 0 Å². The first-order valence-electron chi connectivity index (χ1n) is 5.04. The van der Waals surface area contributed by atoms with E-state index in [0.717, 1.165) is 25.7 Å². The van der Waals surface area contributed by atoms with Crippen LogP contribution in [0, 0.1) is 0 Å². The van der Waals surface area contributed by atoms with Crippen molar-refractivity contribution < 1.29 is 9.53 Å². The first-order chi connectivity index (χ1) is 6.44. The number of rotatable bonds is 3. The van der Waals surface area contributed by atoms with Crippen LogP contribution in [-0.4, -0.2) is 29.4 Å². The monoisotopic (exact) mass is 197 g/mol. The molecule has 80 valence electrons. The molecule has 0 amide bonds. The predicted molar refractivity (Wildman–Crippen MR) is 55.8 cm³/mol. The largest absolute Gasteiger partial charge is 0.474 e. The zero-order valence-electron chi connectivity index (χ0n) is 9.25. The Labute approximate surface area is 85.7 Å². The fourth-order valence-corrected chi connectivity index (χ4v) is 1.66. The van der Waals surface area contributed by atoms with Gasteiger partial charge >= 0.3 is 0 Å². The van der Waals surface area contributed by atoms with Gasteiger partial charge in [-0.25, -0.2) is 0 Å². The number of likely N-dealkylation sites (tertiary alicyclic amines) is 1. The minimum absolute atomic E-state index is 0.0372. The van der Waals surface area contributed by atoms with Crippen LogP contribution in [0.3, 0.4) is 0 Å². The van der Waals surface area contributed by atoms with Crippen LogP contribution in [0.4, 0.5) is 0 Å². The molecule has 1 atom stereocenters. The van der Waals surface area contributed by atoms with Crippen LogP contribution in [0.5, 0.6) is 0 Å². The summed E-state index contributed by atoms with van der Waals surface area (Å²) in [7, 11) is 0. The van der Waals surface area contributed by atoms with Gasteiger partial charge in [0.2, 0.25) is 0 Å². The van der Waals surface area contributed by atoms with Crippen molar-refractivity contribution >= 4 is 6.29 Å². The maximum Gasteiger partial charge on any atom is 0.183 e. The van der Waals surface area contributed by atoms with Crippen molar-refractivity contribution in [1.82, 2.24) is 4.90 Å². The lowest BCUT2D eigenvalue weighted by Crippen LogP contribution is -2.34. The zero-order valence-corrected chi connectivity index (χ0v) is 9.25. The van der Waals surface area contributed by atoms with Crippen molar-refractivity contribution in [2.45, 2.75) is 45.3 Å².